The third-order valence-corrected chi connectivity index (χ3v) is 13.1. The summed E-state index contributed by atoms with van der Waals surface area (Å²) < 4.78 is 10.4. The summed E-state index contributed by atoms with van der Waals surface area (Å²) in [5.74, 6) is -1.30. The minimum atomic E-state index is -1.62. The first kappa shape index (κ1) is 39.4. The number of nitrogens with one attached hydrogen (secondary N) is 2. The number of aliphatic hydroxyl groups is 2. The van der Waals surface area contributed by atoms with Crippen molar-refractivity contribution < 1.29 is 38.9 Å². The van der Waals surface area contributed by atoms with Gasteiger partial charge in [-0.25, -0.2) is 4.79 Å². The summed E-state index contributed by atoms with van der Waals surface area (Å²) in [6.07, 6.45) is 2.20. The molecule has 2 aromatic rings. The topological polar surface area (TPSA) is 154 Å². The molecule has 0 unspecified atom stereocenters. The summed E-state index contributed by atoms with van der Waals surface area (Å²) in [5.41, 5.74) is 0.894. The Kier molecular flexibility index (Phi) is 14.9. The molecule has 3 amide bonds. The van der Waals surface area contributed by atoms with Crippen molar-refractivity contribution in [1.29, 1.82) is 0 Å². The zero-order valence-corrected chi connectivity index (χ0v) is 31.3. The minimum absolute atomic E-state index is 0.0868. The van der Waals surface area contributed by atoms with Gasteiger partial charge in [-0.3, -0.25) is 14.4 Å². The molecule has 0 spiro atoms. The first-order valence-corrected chi connectivity index (χ1v) is 20.4. The molecule has 0 aromatic heterocycles. The number of morpholine rings is 1. The summed E-state index contributed by atoms with van der Waals surface area (Å²) in [5, 5.41) is 30.5. The molecule has 2 aromatic carbocycles. The SMILES string of the molecule is CC(C)OC(=O)[C@H](O)[C@H](CC1CCCCC1)NC(=O)[C@@H](NC(=O)[C@H](CC(=O)N1CCOCC1)Cc1cccc2ccccc12)[C@H](O)C1SCCS1. The van der Waals surface area contributed by atoms with Crippen molar-refractivity contribution in [3.05, 3.63) is 48.0 Å². The maximum Gasteiger partial charge on any atom is 0.337 e. The van der Waals surface area contributed by atoms with E-state index < -0.39 is 54.1 Å². The van der Waals surface area contributed by atoms with Crippen molar-refractivity contribution in [1.82, 2.24) is 15.5 Å². The highest BCUT2D eigenvalue weighted by molar-refractivity contribution is 8.20. The molecule has 280 valence electrons. The van der Waals surface area contributed by atoms with E-state index in [-0.39, 0.29) is 29.2 Å². The van der Waals surface area contributed by atoms with Gasteiger partial charge < -0.3 is 35.2 Å². The van der Waals surface area contributed by atoms with Gasteiger partial charge in [0.1, 0.15) is 12.1 Å². The first-order chi connectivity index (χ1) is 24.6. The van der Waals surface area contributed by atoms with Gasteiger partial charge in [0.15, 0.2) is 6.10 Å². The van der Waals surface area contributed by atoms with Gasteiger partial charge in [-0.15, -0.1) is 23.5 Å². The van der Waals surface area contributed by atoms with Gasteiger partial charge in [0.2, 0.25) is 17.7 Å². The molecular formula is C38H53N3O8S2. The highest BCUT2D eigenvalue weighted by Gasteiger charge is 2.41. The van der Waals surface area contributed by atoms with E-state index in [9.17, 15) is 29.4 Å². The number of rotatable bonds is 15. The Morgan fingerprint density at radius 2 is 1.61 bits per heavy atom. The van der Waals surface area contributed by atoms with Crippen LogP contribution in [0, 0.1) is 11.8 Å². The Bertz CT molecular complexity index is 1470. The van der Waals surface area contributed by atoms with E-state index in [1.165, 1.54) is 23.5 Å². The van der Waals surface area contributed by atoms with Gasteiger partial charge in [-0.05, 0) is 48.9 Å². The van der Waals surface area contributed by atoms with E-state index in [1.54, 1.807) is 18.7 Å². The molecule has 4 N–H and O–H groups in total. The van der Waals surface area contributed by atoms with E-state index in [0.29, 0.717) is 32.7 Å². The van der Waals surface area contributed by atoms with Crippen LogP contribution >= 0.6 is 23.5 Å². The van der Waals surface area contributed by atoms with Crippen molar-refractivity contribution in [2.45, 2.75) is 100 Å². The highest BCUT2D eigenvalue weighted by Crippen LogP contribution is 2.36. The first-order valence-electron chi connectivity index (χ1n) is 18.3. The average Bonchev–Trinajstić information content (AvgIpc) is 3.68. The van der Waals surface area contributed by atoms with Crippen molar-refractivity contribution in [2.24, 2.45) is 11.8 Å². The molecule has 2 saturated heterocycles. The van der Waals surface area contributed by atoms with Crippen molar-refractivity contribution in [3.63, 3.8) is 0 Å². The van der Waals surface area contributed by atoms with Gasteiger partial charge in [0.05, 0.1) is 35.9 Å². The number of hydrogen-bond acceptors (Lipinski definition) is 10. The molecule has 51 heavy (non-hydrogen) atoms. The molecule has 5 rings (SSSR count). The number of carbonyl (C=O) groups is 4. The number of ether oxygens (including phenoxy) is 2. The number of aliphatic hydroxyl groups excluding tert-OH is 2. The average molecular weight is 744 g/mol. The standard InChI is InChI=1S/C38H53N3O8S2/c1-24(2)49-37(47)33(43)30(21-25-9-4-3-5-10-25)39-36(46)32(34(44)38-50-19-20-51-38)40-35(45)28(23-31(42)41-15-17-48-18-16-41)22-27-13-8-12-26-11-6-7-14-29(26)27/h6-8,11-14,24-25,28,30,32-34,38,43-44H,3-5,9-10,15-23H2,1-2H3,(H,39,46)(H,40,45)/t28-,30-,32-,33+,34-/m0/s1. The lowest BCUT2D eigenvalue weighted by Gasteiger charge is -2.33. The predicted molar refractivity (Wildman–Crippen MR) is 200 cm³/mol. The van der Waals surface area contributed by atoms with Crippen LogP contribution in [0.5, 0.6) is 0 Å². The van der Waals surface area contributed by atoms with Crippen LogP contribution in [-0.4, -0.2) is 112 Å². The monoisotopic (exact) mass is 743 g/mol. The van der Waals surface area contributed by atoms with Crippen molar-refractivity contribution in [2.75, 3.05) is 37.8 Å². The molecule has 11 nitrogen and oxygen atoms in total. The molecule has 0 radical (unpaired) electrons. The van der Waals surface area contributed by atoms with Gasteiger partial charge in [0, 0.05) is 31.0 Å². The van der Waals surface area contributed by atoms with E-state index in [4.69, 9.17) is 9.47 Å². The van der Waals surface area contributed by atoms with Crippen LogP contribution in [-0.2, 0) is 35.1 Å². The molecule has 2 aliphatic heterocycles. The van der Waals surface area contributed by atoms with E-state index in [1.807, 2.05) is 42.5 Å². The summed E-state index contributed by atoms with van der Waals surface area (Å²) in [4.78, 5) is 56.8. The fourth-order valence-electron chi connectivity index (χ4n) is 7.24. The quantitative estimate of drug-likeness (QED) is 0.199. The largest absolute Gasteiger partial charge is 0.461 e. The highest BCUT2D eigenvalue weighted by atomic mass is 32.2. The Labute approximate surface area is 309 Å². The van der Waals surface area contributed by atoms with Gasteiger partial charge in [0.25, 0.3) is 0 Å². The van der Waals surface area contributed by atoms with Crippen LogP contribution in [0.2, 0.25) is 0 Å². The maximum absolute atomic E-state index is 14.4. The minimum Gasteiger partial charge on any atom is -0.461 e. The third-order valence-electron chi connectivity index (χ3n) is 9.96. The second-order valence-corrected chi connectivity index (χ2v) is 16.9. The zero-order valence-electron chi connectivity index (χ0n) is 29.7. The number of fused-ring (bicyclic) bond motifs is 1. The van der Waals surface area contributed by atoms with E-state index in [0.717, 1.165) is 59.9 Å². The molecule has 5 atom stereocenters. The van der Waals surface area contributed by atoms with E-state index >= 15 is 0 Å². The lowest BCUT2D eigenvalue weighted by molar-refractivity contribution is -0.159. The molecule has 2 heterocycles. The molecule has 0 bridgehead atoms. The van der Waals surface area contributed by atoms with Crippen LogP contribution < -0.4 is 10.6 Å². The van der Waals surface area contributed by atoms with Gasteiger partial charge in [-0.1, -0.05) is 74.6 Å². The maximum atomic E-state index is 14.4. The molecule has 1 aliphatic carbocycles. The molecule has 3 fully saturated rings. The Hall–Kier alpha value is -2.84. The number of benzene rings is 2. The van der Waals surface area contributed by atoms with Gasteiger partial charge in [-0.2, -0.15) is 0 Å². The van der Waals surface area contributed by atoms with Crippen LogP contribution in [0.3, 0.4) is 0 Å². The Balaban J connectivity index is 1.41. The summed E-state index contributed by atoms with van der Waals surface area (Å²) >= 11 is 3.03. The number of esters is 1. The smallest absolute Gasteiger partial charge is 0.337 e. The molecule has 3 aliphatic rings. The molecule has 13 heteroatoms. The third kappa shape index (κ3) is 11.1. The summed E-state index contributed by atoms with van der Waals surface area (Å²) in [7, 11) is 0. The van der Waals surface area contributed by atoms with Crippen molar-refractivity contribution in [3.8, 4) is 0 Å². The van der Waals surface area contributed by atoms with E-state index in [2.05, 4.69) is 10.6 Å². The van der Waals surface area contributed by atoms with Crippen LogP contribution in [0.4, 0.5) is 0 Å². The summed E-state index contributed by atoms with van der Waals surface area (Å²) in [6.45, 7) is 5.11. The molecular weight excluding hydrogens is 691 g/mol. The molecule has 1 saturated carbocycles. The number of thioether (sulfide) groups is 2. The fourth-order valence-corrected chi connectivity index (χ4v) is 10.1. The van der Waals surface area contributed by atoms with Crippen molar-refractivity contribution >= 4 is 58.0 Å². The summed E-state index contributed by atoms with van der Waals surface area (Å²) in [6, 6.07) is 11.4. The Morgan fingerprint density at radius 1 is 0.922 bits per heavy atom. The lowest BCUT2D eigenvalue weighted by atomic mass is 9.83. The fraction of sp³-hybridized carbons (Fsp3) is 0.632. The number of nitrogens with zero attached hydrogens (tertiary/aromatic N) is 1. The lowest BCUT2D eigenvalue weighted by Crippen LogP contribution is -2.60. The number of amides is 3. The normalized spacial score (nSPS) is 20.4. The predicted octanol–water partition coefficient (Wildman–Crippen LogP) is 3.67. The second-order valence-electron chi connectivity index (χ2n) is 14.1. The van der Waals surface area contributed by atoms with Gasteiger partial charge >= 0.3 is 5.97 Å². The number of hydrogen-bond donors (Lipinski definition) is 4. The number of carbonyl (C=O) groups excluding carboxylic acids is 4. The van der Waals surface area contributed by atoms with Crippen LogP contribution in [0.25, 0.3) is 10.8 Å². The van der Waals surface area contributed by atoms with Crippen LogP contribution in [0.15, 0.2) is 42.5 Å². The zero-order chi connectivity index (χ0) is 36.3. The Morgan fingerprint density at radius 3 is 2.31 bits per heavy atom. The second kappa shape index (κ2) is 19.3. The van der Waals surface area contributed by atoms with Crippen LogP contribution in [0.1, 0.15) is 64.4 Å².